The van der Waals surface area contributed by atoms with Crippen LogP contribution in [0.3, 0.4) is 0 Å². The number of fused-ring (bicyclic) bond motifs is 4. The molecule has 0 N–H and O–H groups in total. The van der Waals surface area contributed by atoms with Gasteiger partial charge in [0.1, 0.15) is 0 Å². The highest BCUT2D eigenvalue weighted by atomic mass is 16.6. The van der Waals surface area contributed by atoms with Crippen LogP contribution in [0.25, 0.3) is 0 Å². The minimum Gasteiger partial charge on any atom is -0.448 e. The molecule has 4 aromatic carbocycles. The first kappa shape index (κ1) is 34.3. The molecule has 6 nitrogen and oxygen atoms in total. The van der Waals surface area contributed by atoms with Gasteiger partial charge in [-0.15, -0.1) is 18.9 Å². The van der Waals surface area contributed by atoms with Gasteiger partial charge in [-0.1, -0.05) is 97.1 Å². The number of ether oxygens (including phenoxy) is 2. The number of ketones is 2. The molecular weight excluding hydrogens is 624 g/mol. The first-order valence-corrected chi connectivity index (χ1v) is 16.7. The zero-order valence-electron chi connectivity index (χ0n) is 29.1. The average molecular weight is 665 g/mol. The molecule has 0 heterocycles. The summed E-state index contributed by atoms with van der Waals surface area (Å²) in [6, 6.07) is 26.8. The van der Waals surface area contributed by atoms with Crippen molar-refractivity contribution in [2.24, 2.45) is 10.8 Å². The minimum absolute atomic E-state index is 0.00928. The normalized spacial score (nSPS) is 17.3. The molecule has 0 fully saturated rings. The largest absolute Gasteiger partial charge is 0.448 e. The lowest BCUT2D eigenvalue weighted by molar-refractivity contribution is -0.167. The molecule has 0 bridgehead atoms. The van der Waals surface area contributed by atoms with Crippen LogP contribution in [0.4, 0.5) is 0 Å². The van der Waals surface area contributed by atoms with Crippen molar-refractivity contribution >= 4 is 23.5 Å². The molecule has 50 heavy (non-hydrogen) atoms. The van der Waals surface area contributed by atoms with Crippen LogP contribution in [0.1, 0.15) is 107 Å². The van der Waals surface area contributed by atoms with Gasteiger partial charge in [0.25, 0.3) is 0 Å². The molecule has 4 aromatic rings. The summed E-state index contributed by atoms with van der Waals surface area (Å²) in [5.74, 6) is 1.34. The smallest absolute Gasteiger partial charge is 0.313 e. The minimum atomic E-state index is -1.41. The lowest BCUT2D eigenvalue weighted by Gasteiger charge is -2.42. The molecule has 6 rings (SSSR count). The molecule has 6 heteroatoms. The van der Waals surface area contributed by atoms with E-state index in [1.165, 1.54) is 0 Å². The number of benzene rings is 4. The Morgan fingerprint density at radius 3 is 1.70 bits per heavy atom. The van der Waals surface area contributed by atoms with Gasteiger partial charge in [0.15, 0.2) is 22.8 Å². The van der Waals surface area contributed by atoms with Gasteiger partial charge in [-0.05, 0) is 46.6 Å². The topological polar surface area (TPSA) is 86.7 Å². The number of terminal acetylenes is 1. The number of rotatable bonds is 8. The zero-order valence-corrected chi connectivity index (χ0v) is 29.1. The van der Waals surface area contributed by atoms with Crippen molar-refractivity contribution in [3.05, 3.63) is 154 Å². The molecular formula is C44H40O6. The Morgan fingerprint density at radius 2 is 1.18 bits per heavy atom. The fourth-order valence-electron chi connectivity index (χ4n) is 7.23. The Balaban J connectivity index is 1.45. The molecule has 1 unspecified atom stereocenters. The maximum atomic E-state index is 14.5. The Kier molecular flexibility index (Phi) is 8.52. The third-order valence-corrected chi connectivity index (χ3v) is 9.75. The molecule has 0 amide bonds. The number of hydrogen-bond acceptors (Lipinski definition) is 6. The Bertz CT molecular complexity index is 2070. The van der Waals surface area contributed by atoms with E-state index in [1.54, 1.807) is 101 Å². The predicted octanol–water partition coefficient (Wildman–Crippen LogP) is 8.26. The molecule has 2 aliphatic rings. The summed E-state index contributed by atoms with van der Waals surface area (Å²) in [5, 5.41) is 0. The van der Waals surface area contributed by atoms with Gasteiger partial charge in [-0.25, -0.2) is 0 Å². The van der Waals surface area contributed by atoms with Crippen LogP contribution in [0.5, 0.6) is 0 Å². The van der Waals surface area contributed by atoms with Crippen LogP contribution in [0, 0.1) is 23.2 Å². The fourth-order valence-corrected chi connectivity index (χ4v) is 7.23. The van der Waals surface area contributed by atoms with Crippen LogP contribution in [-0.4, -0.2) is 23.5 Å². The number of carbonyl (C=O) groups excluding carboxylic acids is 4. The van der Waals surface area contributed by atoms with Crippen molar-refractivity contribution in [3.8, 4) is 12.3 Å². The summed E-state index contributed by atoms with van der Waals surface area (Å²) in [5.41, 5.74) is -0.258. The molecule has 0 aliphatic heterocycles. The van der Waals surface area contributed by atoms with Crippen LogP contribution < -0.4 is 0 Å². The van der Waals surface area contributed by atoms with Crippen molar-refractivity contribution in [1.82, 2.24) is 0 Å². The van der Waals surface area contributed by atoms with Gasteiger partial charge in [0.05, 0.1) is 17.3 Å². The first-order chi connectivity index (χ1) is 23.7. The summed E-state index contributed by atoms with van der Waals surface area (Å²) in [4.78, 5) is 56.0. The summed E-state index contributed by atoms with van der Waals surface area (Å²) < 4.78 is 13.0. The third-order valence-electron chi connectivity index (χ3n) is 9.75. The summed E-state index contributed by atoms with van der Waals surface area (Å²) in [6.45, 7) is 12.9. The maximum Gasteiger partial charge on any atom is 0.313 e. The predicted molar refractivity (Wildman–Crippen MR) is 192 cm³/mol. The van der Waals surface area contributed by atoms with E-state index < -0.39 is 34.0 Å². The maximum absolute atomic E-state index is 14.5. The number of hydrogen-bond donors (Lipinski definition) is 0. The van der Waals surface area contributed by atoms with Gasteiger partial charge in [0.2, 0.25) is 0 Å². The number of carbonyl (C=O) groups is 4. The van der Waals surface area contributed by atoms with E-state index in [1.807, 2.05) is 30.3 Å². The number of esters is 2. The average Bonchev–Trinajstić information content (AvgIpc) is 3.09. The fraction of sp³-hybridized carbons (Fsp3) is 0.273. The van der Waals surface area contributed by atoms with E-state index in [0.29, 0.717) is 50.1 Å². The molecule has 1 atom stereocenters. The zero-order chi connectivity index (χ0) is 36.1. The highest BCUT2D eigenvalue weighted by molar-refractivity contribution is 6.14. The van der Waals surface area contributed by atoms with E-state index in [-0.39, 0.29) is 30.8 Å². The SMILES string of the molecule is C#CCC1(OC(=O)C(C)(C)Cc2cccc3c2C(=O)c2ccccc2C3(CC=C)OC(=O)C(C)(C)C)c2ccccc2C(=O)c2ccccc21. The molecule has 252 valence electrons. The highest BCUT2D eigenvalue weighted by Crippen LogP contribution is 2.49. The second-order valence-electron chi connectivity index (χ2n) is 14.8. The van der Waals surface area contributed by atoms with Gasteiger partial charge >= 0.3 is 11.9 Å². The molecule has 0 saturated carbocycles. The standard InChI is InChI=1S/C44H40O6/c1-8-25-43(32-21-13-10-18-29(32)37(45)30-19-11-14-22-33(30)43)50-40(48)42(6,7)27-28-17-16-24-35-36(28)38(46)31-20-12-15-23-34(31)44(35,26-9-2)49-39(47)41(3,4)5/h1,9-24H,2,25-27H2,3-7H3. The summed E-state index contributed by atoms with van der Waals surface area (Å²) >= 11 is 0. The quantitative estimate of drug-likeness (QED) is 0.107. The van der Waals surface area contributed by atoms with Gasteiger partial charge < -0.3 is 9.47 Å². The van der Waals surface area contributed by atoms with Gasteiger partial charge in [-0.2, -0.15) is 0 Å². The van der Waals surface area contributed by atoms with E-state index in [4.69, 9.17) is 15.9 Å². The van der Waals surface area contributed by atoms with Crippen molar-refractivity contribution < 1.29 is 28.7 Å². The Labute approximate surface area is 293 Å². The van der Waals surface area contributed by atoms with Crippen molar-refractivity contribution in [2.45, 2.75) is 65.1 Å². The molecule has 2 aliphatic carbocycles. The highest BCUT2D eigenvalue weighted by Gasteiger charge is 2.51. The first-order valence-electron chi connectivity index (χ1n) is 16.7. The van der Waals surface area contributed by atoms with Crippen molar-refractivity contribution in [1.29, 1.82) is 0 Å². The van der Waals surface area contributed by atoms with Crippen LogP contribution in [-0.2, 0) is 36.7 Å². The second-order valence-corrected chi connectivity index (χ2v) is 14.8. The lowest BCUT2D eigenvalue weighted by Crippen LogP contribution is -2.44. The lowest BCUT2D eigenvalue weighted by atomic mass is 9.69. The second kappa shape index (κ2) is 12.4. The van der Waals surface area contributed by atoms with E-state index >= 15 is 0 Å². The molecule has 0 radical (unpaired) electrons. The Morgan fingerprint density at radius 1 is 0.700 bits per heavy atom. The molecule has 0 saturated heterocycles. The third kappa shape index (κ3) is 5.38. The van der Waals surface area contributed by atoms with Crippen LogP contribution >= 0.6 is 0 Å². The monoisotopic (exact) mass is 664 g/mol. The van der Waals surface area contributed by atoms with E-state index in [9.17, 15) is 19.2 Å². The van der Waals surface area contributed by atoms with Gasteiger partial charge in [-0.3, -0.25) is 19.2 Å². The Hall–Kier alpha value is -5.54. The van der Waals surface area contributed by atoms with E-state index in [0.717, 1.165) is 0 Å². The molecule has 0 spiro atoms. The summed E-state index contributed by atoms with van der Waals surface area (Å²) in [7, 11) is 0. The van der Waals surface area contributed by atoms with Gasteiger partial charge in [0, 0.05) is 50.9 Å². The van der Waals surface area contributed by atoms with Crippen molar-refractivity contribution in [3.63, 3.8) is 0 Å². The molecule has 0 aromatic heterocycles. The van der Waals surface area contributed by atoms with Crippen LogP contribution in [0.15, 0.2) is 104 Å². The summed E-state index contributed by atoms with van der Waals surface area (Å²) in [6.07, 6.45) is 7.99. The van der Waals surface area contributed by atoms with Crippen molar-refractivity contribution in [2.75, 3.05) is 0 Å². The van der Waals surface area contributed by atoms with E-state index in [2.05, 4.69) is 12.5 Å². The van der Waals surface area contributed by atoms with Crippen LogP contribution in [0.2, 0.25) is 0 Å².